The van der Waals surface area contributed by atoms with Gasteiger partial charge in [-0.05, 0) is 31.2 Å². The van der Waals surface area contributed by atoms with Crippen molar-refractivity contribution in [3.05, 3.63) is 59.0 Å². The standard InChI is InChI=1S/C18H15ClF3N3O2/c1-10(15-5-3-12(7-23-15)27-9-18(20,21)22)25-17(26)14-8-24-16-6-11(19)2-4-13(14)16/h2-8,10,24H,9H2,1H3,(H,25,26). The molecule has 27 heavy (non-hydrogen) atoms. The van der Waals surface area contributed by atoms with Crippen molar-refractivity contribution in [3.8, 4) is 5.75 Å². The molecule has 2 aromatic heterocycles. The number of fused-ring (bicyclic) bond motifs is 1. The average Bonchev–Trinajstić information content (AvgIpc) is 3.02. The number of aromatic nitrogens is 2. The maximum atomic E-state index is 12.5. The van der Waals surface area contributed by atoms with Crippen LogP contribution in [0.4, 0.5) is 13.2 Å². The van der Waals surface area contributed by atoms with Gasteiger partial charge in [0.1, 0.15) is 5.75 Å². The number of aromatic amines is 1. The number of amides is 1. The highest BCUT2D eigenvalue weighted by Crippen LogP contribution is 2.23. The zero-order valence-electron chi connectivity index (χ0n) is 14.1. The number of halogens is 4. The van der Waals surface area contributed by atoms with Crippen LogP contribution in [-0.2, 0) is 0 Å². The third-order valence-electron chi connectivity index (χ3n) is 3.84. The van der Waals surface area contributed by atoms with Gasteiger partial charge >= 0.3 is 6.18 Å². The molecule has 3 aromatic rings. The minimum absolute atomic E-state index is 0.00288. The van der Waals surface area contributed by atoms with Gasteiger partial charge in [-0.25, -0.2) is 0 Å². The Morgan fingerprint density at radius 3 is 2.78 bits per heavy atom. The van der Waals surface area contributed by atoms with E-state index in [-0.39, 0.29) is 11.7 Å². The second-order valence-electron chi connectivity index (χ2n) is 5.91. The monoisotopic (exact) mass is 397 g/mol. The number of pyridine rings is 1. The van der Waals surface area contributed by atoms with Crippen LogP contribution in [0.2, 0.25) is 5.02 Å². The third kappa shape index (κ3) is 4.71. The summed E-state index contributed by atoms with van der Waals surface area (Å²) in [7, 11) is 0. The number of carbonyl (C=O) groups is 1. The number of nitrogens with one attached hydrogen (secondary N) is 2. The lowest BCUT2D eigenvalue weighted by molar-refractivity contribution is -0.153. The van der Waals surface area contributed by atoms with E-state index in [0.717, 1.165) is 10.9 Å². The Balaban J connectivity index is 1.67. The van der Waals surface area contributed by atoms with Crippen molar-refractivity contribution >= 4 is 28.4 Å². The summed E-state index contributed by atoms with van der Waals surface area (Å²) in [6.45, 7) is 0.340. The molecule has 0 radical (unpaired) electrons. The van der Waals surface area contributed by atoms with Crippen molar-refractivity contribution in [1.29, 1.82) is 0 Å². The van der Waals surface area contributed by atoms with Gasteiger partial charge in [-0.3, -0.25) is 9.78 Å². The Kier molecular flexibility index (Phi) is 5.27. The molecule has 2 heterocycles. The molecular weight excluding hydrogens is 383 g/mol. The Labute approximate surface area is 157 Å². The number of benzene rings is 1. The summed E-state index contributed by atoms with van der Waals surface area (Å²) < 4.78 is 41.1. The van der Waals surface area contributed by atoms with E-state index in [1.165, 1.54) is 18.3 Å². The van der Waals surface area contributed by atoms with E-state index < -0.39 is 18.8 Å². The zero-order valence-corrected chi connectivity index (χ0v) is 14.9. The Bertz CT molecular complexity index is 955. The van der Waals surface area contributed by atoms with Gasteiger partial charge in [0.05, 0.1) is 23.5 Å². The van der Waals surface area contributed by atoms with Crippen molar-refractivity contribution < 1.29 is 22.7 Å². The number of alkyl halides is 3. The van der Waals surface area contributed by atoms with E-state index in [1.54, 1.807) is 31.3 Å². The predicted molar refractivity (Wildman–Crippen MR) is 95.0 cm³/mol. The molecule has 0 aliphatic heterocycles. The first-order valence-corrected chi connectivity index (χ1v) is 8.34. The van der Waals surface area contributed by atoms with Crippen molar-refractivity contribution in [2.45, 2.75) is 19.1 Å². The number of hydrogen-bond acceptors (Lipinski definition) is 3. The Hall–Kier alpha value is -2.74. The summed E-state index contributed by atoms with van der Waals surface area (Å²) in [4.78, 5) is 19.6. The van der Waals surface area contributed by atoms with E-state index >= 15 is 0 Å². The molecule has 0 spiro atoms. The number of ether oxygens (including phenoxy) is 1. The smallest absolute Gasteiger partial charge is 0.422 e. The van der Waals surface area contributed by atoms with Crippen LogP contribution in [0.5, 0.6) is 5.75 Å². The first kappa shape index (κ1) is 19.0. The zero-order chi connectivity index (χ0) is 19.6. The number of hydrogen-bond donors (Lipinski definition) is 2. The lowest BCUT2D eigenvalue weighted by atomic mass is 10.1. The lowest BCUT2D eigenvalue weighted by Crippen LogP contribution is -2.27. The van der Waals surface area contributed by atoms with E-state index in [2.05, 4.69) is 20.0 Å². The molecule has 1 unspecified atom stereocenters. The normalized spacial score (nSPS) is 12.8. The Morgan fingerprint density at radius 2 is 2.11 bits per heavy atom. The summed E-state index contributed by atoms with van der Waals surface area (Å²) in [5.41, 5.74) is 1.69. The fourth-order valence-corrected chi connectivity index (χ4v) is 2.71. The molecule has 5 nitrogen and oxygen atoms in total. The number of rotatable bonds is 5. The predicted octanol–water partition coefficient (Wildman–Crippen LogP) is 4.65. The molecule has 1 atom stereocenters. The number of carbonyl (C=O) groups excluding carboxylic acids is 1. The molecule has 0 aliphatic rings. The van der Waals surface area contributed by atoms with Gasteiger partial charge in [0.15, 0.2) is 6.61 Å². The first-order chi connectivity index (χ1) is 12.7. The minimum atomic E-state index is -4.41. The second kappa shape index (κ2) is 7.48. The molecule has 2 N–H and O–H groups in total. The van der Waals surface area contributed by atoms with Crippen molar-refractivity contribution in [1.82, 2.24) is 15.3 Å². The molecule has 142 valence electrons. The van der Waals surface area contributed by atoms with Gasteiger partial charge < -0.3 is 15.0 Å². The van der Waals surface area contributed by atoms with Crippen LogP contribution in [0.1, 0.15) is 29.0 Å². The molecule has 9 heteroatoms. The van der Waals surface area contributed by atoms with Crippen LogP contribution in [-0.4, -0.2) is 28.7 Å². The molecule has 0 fully saturated rings. The van der Waals surface area contributed by atoms with Gasteiger partial charge in [-0.15, -0.1) is 0 Å². The molecule has 0 aliphatic carbocycles. The Morgan fingerprint density at radius 1 is 1.33 bits per heavy atom. The van der Waals surface area contributed by atoms with Crippen LogP contribution in [0, 0.1) is 0 Å². The largest absolute Gasteiger partial charge is 0.483 e. The summed E-state index contributed by atoms with van der Waals surface area (Å²) >= 11 is 5.93. The first-order valence-electron chi connectivity index (χ1n) is 7.96. The summed E-state index contributed by atoms with van der Waals surface area (Å²) in [5, 5.41) is 4.09. The van der Waals surface area contributed by atoms with E-state index in [1.807, 2.05) is 0 Å². The molecule has 0 saturated heterocycles. The highest BCUT2D eigenvalue weighted by atomic mass is 35.5. The second-order valence-corrected chi connectivity index (χ2v) is 6.35. The maximum Gasteiger partial charge on any atom is 0.422 e. The highest BCUT2D eigenvalue weighted by Gasteiger charge is 2.28. The van der Waals surface area contributed by atoms with Crippen molar-refractivity contribution in [3.63, 3.8) is 0 Å². The van der Waals surface area contributed by atoms with Crippen LogP contribution in [0.3, 0.4) is 0 Å². The van der Waals surface area contributed by atoms with E-state index in [4.69, 9.17) is 11.6 Å². The fourth-order valence-electron chi connectivity index (χ4n) is 2.53. The SMILES string of the molecule is CC(NC(=O)c1c[nH]c2cc(Cl)ccc12)c1ccc(OCC(F)(F)F)cn1. The summed E-state index contributed by atoms with van der Waals surface area (Å²) in [6.07, 6.45) is -1.63. The van der Waals surface area contributed by atoms with Gasteiger partial charge in [0.25, 0.3) is 5.91 Å². The van der Waals surface area contributed by atoms with Gasteiger partial charge in [-0.1, -0.05) is 17.7 Å². The number of H-pyrrole nitrogens is 1. The van der Waals surface area contributed by atoms with Crippen LogP contribution in [0.15, 0.2) is 42.7 Å². The summed E-state index contributed by atoms with van der Waals surface area (Å²) in [5.74, 6) is -0.307. The summed E-state index contributed by atoms with van der Waals surface area (Å²) in [6, 6.07) is 7.60. The average molecular weight is 398 g/mol. The molecule has 1 aromatic carbocycles. The van der Waals surface area contributed by atoms with Gasteiger partial charge in [-0.2, -0.15) is 13.2 Å². The molecule has 0 saturated carbocycles. The fraction of sp³-hybridized carbons (Fsp3) is 0.222. The van der Waals surface area contributed by atoms with Crippen molar-refractivity contribution in [2.24, 2.45) is 0 Å². The van der Waals surface area contributed by atoms with E-state index in [9.17, 15) is 18.0 Å². The minimum Gasteiger partial charge on any atom is -0.483 e. The quantitative estimate of drug-likeness (QED) is 0.658. The highest BCUT2D eigenvalue weighted by molar-refractivity contribution is 6.31. The van der Waals surface area contributed by atoms with Gasteiger partial charge in [0.2, 0.25) is 0 Å². The topological polar surface area (TPSA) is 67.0 Å². The van der Waals surface area contributed by atoms with Gasteiger partial charge in [0, 0.05) is 22.1 Å². The number of nitrogens with zero attached hydrogens (tertiary/aromatic N) is 1. The van der Waals surface area contributed by atoms with Crippen LogP contribution >= 0.6 is 11.6 Å². The van der Waals surface area contributed by atoms with Crippen LogP contribution < -0.4 is 10.1 Å². The molecule has 3 rings (SSSR count). The van der Waals surface area contributed by atoms with Crippen molar-refractivity contribution in [2.75, 3.05) is 6.61 Å². The maximum absolute atomic E-state index is 12.5. The van der Waals surface area contributed by atoms with E-state index in [0.29, 0.717) is 16.3 Å². The molecule has 1 amide bonds. The molecular formula is C18H15ClF3N3O2. The molecule has 0 bridgehead atoms. The lowest BCUT2D eigenvalue weighted by Gasteiger charge is -2.14. The third-order valence-corrected chi connectivity index (χ3v) is 4.08. The van der Waals surface area contributed by atoms with Crippen LogP contribution in [0.25, 0.3) is 10.9 Å².